The highest BCUT2D eigenvalue weighted by molar-refractivity contribution is 5.91. The van der Waals surface area contributed by atoms with Crippen molar-refractivity contribution in [3.8, 4) is 0 Å². The van der Waals surface area contributed by atoms with Gasteiger partial charge in [-0.3, -0.25) is 0 Å². The lowest BCUT2D eigenvalue weighted by molar-refractivity contribution is -0.160. The summed E-state index contributed by atoms with van der Waals surface area (Å²) in [5.41, 5.74) is -0.577. The van der Waals surface area contributed by atoms with Gasteiger partial charge >= 0.3 is 11.9 Å². The van der Waals surface area contributed by atoms with Crippen molar-refractivity contribution >= 4 is 11.9 Å². The minimum absolute atomic E-state index is 0.0795. The lowest BCUT2D eigenvalue weighted by Crippen LogP contribution is -2.41. The molecule has 26 heavy (non-hydrogen) atoms. The summed E-state index contributed by atoms with van der Waals surface area (Å²) in [6.07, 6.45) is 1.72. The fourth-order valence-corrected chi connectivity index (χ4v) is 4.98. The molecule has 4 rings (SSSR count). The lowest BCUT2D eigenvalue weighted by Gasteiger charge is -2.34. The van der Waals surface area contributed by atoms with E-state index in [-0.39, 0.29) is 24.4 Å². The molecule has 0 bridgehead atoms. The van der Waals surface area contributed by atoms with Crippen LogP contribution in [0.25, 0.3) is 0 Å². The summed E-state index contributed by atoms with van der Waals surface area (Å²) in [7, 11) is 0. The van der Waals surface area contributed by atoms with Gasteiger partial charge in [-0.15, -0.1) is 0 Å². The summed E-state index contributed by atoms with van der Waals surface area (Å²) in [5, 5.41) is 11.2. The van der Waals surface area contributed by atoms with Crippen molar-refractivity contribution in [2.45, 2.75) is 70.1 Å². The smallest absolute Gasteiger partial charge is 0.341 e. The van der Waals surface area contributed by atoms with Crippen LogP contribution >= 0.6 is 0 Å². The second-order valence-corrected chi connectivity index (χ2v) is 8.61. The summed E-state index contributed by atoms with van der Waals surface area (Å²) in [6.45, 7) is 11.2. The minimum atomic E-state index is -1.04. The van der Waals surface area contributed by atoms with E-state index in [1.807, 2.05) is 13.8 Å². The van der Waals surface area contributed by atoms with E-state index >= 15 is 0 Å². The number of esters is 2. The van der Waals surface area contributed by atoms with Crippen molar-refractivity contribution in [3.63, 3.8) is 0 Å². The van der Waals surface area contributed by atoms with E-state index in [4.69, 9.17) is 14.2 Å². The number of allylic oxidation sites excluding steroid dienone is 1. The number of carbonyl (C=O) groups excluding carboxylic acids is 2. The third kappa shape index (κ3) is 2.38. The van der Waals surface area contributed by atoms with Crippen LogP contribution in [0.5, 0.6) is 0 Å². The molecule has 4 aliphatic rings. The number of aliphatic hydroxyl groups is 1. The molecule has 1 saturated carbocycles. The van der Waals surface area contributed by atoms with E-state index in [1.165, 1.54) is 0 Å². The Labute approximate surface area is 153 Å². The van der Waals surface area contributed by atoms with Gasteiger partial charge in [0, 0.05) is 23.8 Å². The zero-order valence-electron chi connectivity index (χ0n) is 15.7. The maximum absolute atomic E-state index is 12.6. The van der Waals surface area contributed by atoms with Crippen molar-refractivity contribution in [1.82, 2.24) is 0 Å². The second kappa shape index (κ2) is 5.42. The van der Waals surface area contributed by atoms with E-state index in [2.05, 4.69) is 12.7 Å². The van der Waals surface area contributed by atoms with Gasteiger partial charge in [0.05, 0.1) is 17.6 Å². The van der Waals surface area contributed by atoms with Crippen LogP contribution in [0.4, 0.5) is 0 Å². The van der Waals surface area contributed by atoms with Gasteiger partial charge in [-0.05, 0) is 34.1 Å². The first-order chi connectivity index (χ1) is 12.1. The van der Waals surface area contributed by atoms with Crippen molar-refractivity contribution in [2.24, 2.45) is 17.8 Å². The summed E-state index contributed by atoms with van der Waals surface area (Å²) in [5.74, 6) is -1.52. The SMILES string of the molecule is C=C1C(=O)O[C@@H]2[C@@H]1[C@@H](OC(=O)[C@@]1(C)O[C@H]1C)C[C@](C)(O)[C@H]1CC=C(C)[C@@H]21. The van der Waals surface area contributed by atoms with Gasteiger partial charge in [-0.1, -0.05) is 18.2 Å². The quantitative estimate of drug-likeness (QED) is 0.350. The molecule has 0 aromatic carbocycles. The fourth-order valence-electron chi connectivity index (χ4n) is 4.98. The number of hydrogen-bond acceptors (Lipinski definition) is 6. The van der Waals surface area contributed by atoms with Gasteiger partial charge in [-0.2, -0.15) is 0 Å². The van der Waals surface area contributed by atoms with Gasteiger partial charge in [0.2, 0.25) is 0 Å². The molecule has 8 atom stereocenters. The van der Waals surface area contributed by atoms with E-state index in [0.717, 1.165) is 12.0 Å². The highest BCUT2D eigenvalue weighted by Gasteiger charge is 2.61. The van der Waals surface area contributed by atoms with Gasteiger partial charge < -0.3 is 19.3 Å². The molecule has 6 nitrogen and oxygen atoms in total. The molecule has 2 aliphatic carbocycles. The van der Waals surface area contributed by atoms with Crippen LogP contribution in [0.3, 0.4) is 0 Å². The summed E-state index contributed by atoms with van der Waals surface area (Å²) in [4.78, 5) is 24.9. The average molecular weight is 362 g/mol. The molecule has 0 aromatic heterocycles. The fraction of sp³-hybridized carbons (Fsp3) is 0.700. The van der Waals surface area contributed by atoms with E-state index in [9.17, 15) is 14.7 Å². The van der Waals surface area contributed by atoms with Crippen LogP contribution in [0, 0.1) is 17.8 Å². The summed E-state index contributed by atoms with van der Waals surface area (Å²) < 4.78 is 16.8. The topological polar surface area (TPSA) is 85.4 Å². The van der Waals surface area contributed by atoms with Crippen molar-refractivity contribution < 1.29 is 28.9 Å². The molecule has 3 fully saturated rings. The highest BCUT2D eigenvalue weighted by atomic mass is 16.7. The lowest BCUT2D eigenvalue weighted by atomic mass is 9.76. The molecule has 2 aliphatic heterocycles. The molecule has 2 heterocycles. The standard InChI is InChI=1S/C20H26O6/c1-9-6-7-12-14(9)16-15(10(2)17(21)25-16)13(8-19(12,4)23)24-18(22)20(5)11(3)26-20/h6,11-16,23H,2,7-8H2,1,3-5H3/t11-,12-,13-,14+,15-,16-,19-,20-/m0/s1. The number of rotatable bonds is 2. The first-order valence-electron chi connectivity index (χ1n) is 9.24. The summed E-state index contributed by atoms with van der Waals surface area (Å²) >= 11 is 0. The number of ether oxygens (including phenoxy) is 3. The Kier molecular flexibility index (Phi) is 3.70. The molecular weight excluding hydrogens is 336 g/mol. The Morgan fingerprint density at radius 2 is 2.04 bits per heavy atom. The number of epoxide rings is 1. The van der Waals surface area contributed by atoms with E-state index in [0.29, 0.717) is 5.57 Å². The molecule has 142 valence electrons. The Hall–Kier alpha value is -1.66. The zero-order valence-corrected chi connectivity index (χ0v) is 15.7. The largest absolute Gasteiger partial charge is 0.459 e. The Bertz CT molecular complexity index is 722. The highest BCUT2D eigenvalue weighted by Crippen LogP contribution is 2.53. The summed E-state index contributed by atoms with van der Waals surface area (Å²) in [6, 6.07) is 0. The van der Waals surface area contributed by atoms with Crippen LogP contribution in [0.2, 0.25) is 0 Å². The minimum Gasteiger partial charge on any atom is -0.459 e. The molecule has 0 unspecified atom stereocenters. The Balaban J connectivity index is 1.69. The van der Waals surface area contributed by atoms with Gasteiger partial charge in [0.1, 0.15) is 12.2 Å². The van der Waals surface area contributed by atoms with Gasteiger partial charge in [0.15, 0.2) is 5.60 Å². The third-order valence-corrected chi connectivity index (χ3v) is 6.89. The Morgan fingerprint density at radius 1 is 1.38 bits per heavy atom. The van der Waals surface area contributed by atoms with Crippen LogP contribution in [0.15, 0.2) is 23.8 Å². The molecule has 0 radical (unpaired) electrons. The van der Waals surface area contributed by atoms with Crippen LogP contribution in [-0.4, -0.2) is 46.6 Å². The molecule has 1 N–H and O–H groups in total. The van der Waals surface area contributed by atoms with Crippen molar-refractivity contribution in [3.05, 3.63) is 23.8 Å². The third-order valence-electron chi connectivity index (χ3n) is 6.89. The zero-order chi connectivity index (χ0) is 19.0. The van der Waals surface area contributed by atoms with Crippen LogP contribution in [0.1, 0.15) is 40.5 Å². The molecule has 0 spiro atoms. The first kappa shape index (κ1) is 17.7. The van der Waals surface area contributed by atoms with Crippen LogP contribution in [-0.2, 0) is 23.8 Å². The van der Waals surface area contributed by atoms with E-state index in [1.54, 1.807) is 13.8 Å². The van der Waals surface area contributed by atoms with Crippen molar-refractivity contribution in [2.75, 3.05) is 0 Å². The number of fused-ring (bicyclic) bond motifs is 3. The van der Waals surface area contributed by atoms with E-state index < -0.39 is 41.3 Å². The number of carbonyl (C=O) groups is 2. The normalized spacial score (nSPS) is 49.7. The Morgan fingerprint density at radius 3 is 2.65 bits per heavy atom. The van der Waals surface area contributed by atoms with Gasteiger partial charge in [0.25, 0.3) is 0 Å². The maximum atomic E-state index is 12.6. The number of hydrogen-bond donors (Lipinski definition) is 1. The molecule has 6 heteroatoms. The molecule has 2 saturated heterocycles. The molecule has 0 aromatic rings. The molecule has 0 amide bonds. The average Bonchev–Trinajstić information content (AvgIpc) is 2.87. The predicted molar refractivity (Wildman–Crippen MR) is 91.9 cm³/mol. The first-order valence-corrected chi connectivity index (χ1v) is 9.24. The van der Waals surface area contributed by atoms with Crippen LogP contribution < -0.4 is 0 Å². The monoisotopic (exact) mass is 362 g/mol. The maximum Gasteiger partial charge on any atom is 0.341 e. The van der Waals surface area contributed by atoms with Gasteiger partial charge in [-0.25, -0.2) is 9.59 Å². The predicted octanol–water partition coefficient (Wildman–Crippen LogP) is 1.91. The second-order valence-electron chi connectivity index (χ2n) is 8.61. The molecular formula is C20H26O6. The van der Waals surface area contributed by atoms with Crippen molar-refractivity contribution in [1.29, 1.82) is 0 Å².